The van der Waals surface area contributed by atoms with Gasteiger partial charge in [-0.05, 0) is 35.9 Å². The second-order valence-corrected chi connectivity index (χ2v) is 5.50. The van der Waals surface area contributed by atoms with Crippen LogP contribution >= 0.6 is 0 Å². The number of nitrogens with one attached hydrogen (secondary N) is 2. The molecular formula is C19H14F3N3O. The Bertz CT molecular complexity index is 930. The molecule has 1 heterocycles. The van der Waals surface area contributed by atoms with E-state index in [-0.39, 0.29) is 12.3 Å². The zero-order valence-corrected chi connectivity index (χ0v) is 13.5. The smallest absolute Gasteiger partial charge is 0.228 e. The molecule has 132 valence electrons. The van der Waals surface area contributed by atoms with E-state index in [1.165, 1.54) is 18.3 Å². The van der Waals surface area contributed by atoms with Crippen molar-refractivity contribution in [2.24, 2.45) is 0 Å². The van der Waals surface area contributed by atoms with Gasteiger partial charge >= 0.3 is 0 Å². The van der Waals surface area contributed by atoms with Crippen molar-refractivity contribution >= 4 is 23.1 Å². The first kappa shape index (κ1) is 17.5. The highest BCUT2D eigenvalue weighted by molar-refractivity contribution is 5.92. The van der Waals surface area contributed by atoms with Crippen molar-refractivity contribution in [3.05, 3.63) is 83.8 Å². The summed E-state index contributed by atoms with van der Waals surface area (Å²) in [4.78, 5) is 16.1. The van der Waals surface area contributed by atoms with Crippen molar-refractivity contribution in [2.75, 3.05) is 10.6 Å². The minimum atomic E-state index is -0.966. The molecule has 3 aromatic rings. The zero-order chi connectivity index (χ0) is 18.5. The van der Waals surface area contributed by atoms with E-state index >= 15 is 0 Å². The van der Waals surface area contributed by atoms with Crippen molar-refractivity contribution in [1.29, 1.82) is 0 Å². The van der Waals surface area contributed by atoms with Crippen molar-refractivity contribution in [3.63, 3.8) is 0 Å². The molecule has 26 heavy (non-hydrogen) atoms. The number of carbonyl (C=O) groups excluding carboxylic acids is 1. The highest BCUT2D eigenvalue weighted by Crippen LogP contribution is 2.19. The lowest BCUT2D eigenvalue weighted by molar-refractivity contribution is -0.115. The van der Waals surface area contributed by atoms with E-state index in [2.05, 4.69) is 15.6 Å². The van der Waals surface area contributed by atoms with Gasteiger partial charge in [0.15, 0.2) is 11.6 Å². The molecule has 7 heteroatoms. The summed E-state index contributed by atoms with van der Waals surface area (Å²) in [5.41, 5.74) is 1.07. The second-order valence-electron chi connectivity index (χ2n) is 5.50. The standard InChI is InChI=1S/C19H14F3N3O/c20-15-4-2-1-3-12(15)9-19(26)25-14-6-8-18(23-11-14)24-13-5-7-16(21)17(22)10-13/h1-8,10-11H,9H2,(H,23,24)(H,25,26). The molecule has 0 saturated heterocycles. The summed E-state index contributed by atoms with van der Waals surface area (Å²) in [5.74, 6) is -2.32. The Morgan fingerprint density at radius 1 is 0.885 bits per heavy atom. The average molecular weight is 357 g/mol. The quantitative estimate of drug-likeness (QED) is 0.711. The monoisotopic (exact) mass is 357 g/mol. The van der Waals surface area contributed by atoms with Crippen LogP contribution in [-0.2, 0) is 11.2 Å². The van der Waals surface area contributed by atoms with Crippen LogP contribution in [0, 0.1) is 17.5 Å². The number of pyridine rings is 1. The van der Waals surface area contributed by atoms with Gasteiger partial charge < -0.3 is 10.6 Å². The molecular weight excluding hydrogens is 343 g/mol. The van der Waals surface area contributed by atoms with E-state index in [4.69, 9.17) is 0 Å². The maximum Gasteiger partial charge on any atom is 0.228 e. The van der Waals surface area contributed by atoms with Crippen molar-refractivity contribution in [1.82, 2.24) is 4.98 Å². The molecule has 0 radical (unpaired) electrons. The number of hydrogen-bond acceptors (Lipinski definition) is 3. The number of halogens is 3. The lowest BCUT2D eigenvalue weighted by Gasteiger charge is -2.08. The summed E-state index contributed by atoms with van der Waals surface area (Å²) in [6.45, 7) is 0. The van der Waals surface area contributed by atoms with Crippen LogP contribution in [0.2, 0.25) is 0 Å². The maximum absolute atomic E-state index is 13.6. The van der Waals surface area contributed by atoms with E-state index < -0.39 is 17.5 Å². The zero-order valence-electron chi connectivity index (χ0n) is 13.5. The lowest BCUT2D eigenvalue weighted by Crippen LogP contribution is -2.15. The van der Waals surface area contributed by atoms with Crippen LogP contribution in [0.4, 0.5) is 30.4 Å². The topological polar surface area (TPSA) is 54.0 Å². The fraction of sp³-hybridized carbons (Fsp3) is 0.0526. The summed E-state index contributed by atoms with van der Waals surface area (Å²) in [5, 5.41) is 5.44. The Kier molecular flexibility index (Phi) is 5.17. The van der Waals surface area contributed by atoms with Crippen LogP contribution < -0.4 is 10.6 Å². The third kappa shape index (κ3) is 4.38. The number of anilines is 3. The van der Waals surface area contributed by atoms with Gasteiger partial charge in [0.25, 0.3) is 0 Å². The summed E-state index contributed by atoms with van der Waals surface area (Å²) >= 11 is 0. The van der Waals surface area contributed by atoms with Gasteiger partial charge in [0.1, 0.15) is 11.6 Å². The Labute approximate surface area is 147 Å². The van der Waals surface area contributed by atoms with E-state index in [0.29, 0.717) is 22.8 Å². The SMILES string of the molecule is O=C(Cc1ccccc1F)Nc1ccc(Nc2ccc(F)c(F)c2)nc1. The number of nitrogens with zero attached hydrogens (tertiary/aromatic N) is 1. The number of carbonyl (C=O) groups is 1. The second kappa shape index (κ2) is 7.69. The summed E-state index contributed by atoms with van der Waals surface area (Å²) in [6.07, 6.45) is 1.31. The van der Waals surface area contributed by atoms with Crippen LogP contribution in [0.15, 0.2) is 60.8 Å². The Morgan fingerprint density at radius 2 is 1.65 bits per heavy atom. The molecule has 0 fully saturated rings. The number of amides is 1. The fourth-order valence-corrected chi connectivity index (χ4v) is 2.28. The van der Waals surface area contributed by atoms with Gasteiger partial charge in [-0.3, -0.25) is 4.79 Å². The molecule has 0 aliphatic carbocycles. The third-order valence-corrected chi connectivity index (χ3v) is 3.55. The maximum atomic E-state index is 13.6. The van der Waals surface area contributed by atoms with Gasteiger partial charge in [-0.1, -0.05) is 18.2 Å². The largest absolute Gasteiger partial charge is 0.340 e. The van der Waals surface area contributed by atoms with Crippen LogP contribution in [0.1, 0.15) is 5.56 Å². The lowest BCUT2D eigenvalue weighted by atomic mass is 10.1. The molecule has 1 amide bonds. The minimum absolute atomic E-state index is 0.0957. The molecule has 0 spiro atoms. The van der Waals surface area contributed by atoms with Crippen LogP contribution in [0.5, 0.6) is 0 Å². The van der Waals surface area contributed by atoms with E-state index in [0.717, 1.165) is 12.1 Å². The van der Waals surface area contributed by atoms with Crippen molar-refractivity contribution in [3.8, 4) is 0 Å². The molecule has 4 nitrogen and oxygen atoms in total. The summed E-state index contributed by atoms with van der Waals surface area (Å²) in [7, 11) is 0. The first-order chi connectivity index (χ1) is 12.5. The highest BCUT2D eigenvalue weighted by atomic mass is 19.2. The average Bonchev–Trinajstić information content (AvgIpc) is 2.62. The normalized spacial score (nSPS) is 10.4. The predicted octanol–water partition coefficient (Wildman–Crippen LogP) is 4.42. The Hall–Kier alpha value is -3.35. The van der Waals surface area contributed by atoms with Gasteiger partial charge in [-0.2, -0.15) is 0 Å². The molecule has 0 aliphatic rings. The van der Waals surface area contributed by atoms with E-state index in [1.54, 1.807) is 30.3 Å². The molecule has 1 aromatic heterocycles. The minimum Gasteiger partial charge on any atom is -0.340 e. The van der Waals surface area contributed by atoms with Gasteiger partial charge in [-0.15, -0.1) is 0 Å². The first-order valence-corrected chi connectivity index (χ1v) is 7.72. The van der Waals surface area contributed by atoms with Crippen molar-refractivity contribution < 1.29 is 18.0 Å². The predicted molar refractivity (Wildman–Crippen MR) is 92.6 cm³/mol. The molecule has 0 saturated carbocycles. The number of benzene rings is 2. The van der Waals surface area contributed by atoms with E-state index in [1.807, 2.05) is 0 Å². The first-order valence-electron chi connectivity index (χ1n) is 7.72. The number of rotatable bonds is 5. The van der Waals surface area contributed by atoms with Crippen LogP contribution in [-0.4, -0.2) is 10.9 Å². The Balaban J connectivity index is 1.61. The van der Waals surface area contributed by atoms with Gasteiger partial charge in [0.05, 0.1) is 18.3 Å². The molecule has 3 rings (SSSR count). The number of aromatic nitrogens is 1. The molecule has 0 unspecified atom stereocenters. The summed E-state index contributed by atoms with van der Waals surface area (Å²) in [6, 6.07) is 12.6. The van der Waals surface area contributed by atoms with Gasteiger partial charge in [-0.25, -0.2) is 18.2 Å². The fourth-order valence-electron chi connectivity index (χ4n) is 2.28. The van der Waals surface area contributed by atoms with Gasteiger partial charge in [0, 0.05) is 11.8 Å². The third-order valence-electron chi connectivity index (χ3n) is 3.55. The molecule has 0 aliphatic heterocycles. The van der Waals surface area contributed by atoms with E-state index in [9.17, 15) is 18.0 Å². The molecule has 0 atom stereocenters. The highest BCUT2D eigenvalue weighted by Gasteiger charge is 2.08. The molecule has 0 bridgehead atoms. The van der Waals surface area contributed by atoms with Crippen molar-refractivity contribution in [2.45, 2.75) is 6.42 Å². The molecule has 2 aromatic carbocycles. The summed E-state index contributed by atoms with van der Waals surface area (Å²) < 4.78 is 39.6. The van der Waals surface area contributed by atoms with Crippen LogP contribution in [0.25, 0.3) is 0 Å². The Morgan fingerprint density at radius 3 is 2.35 bits per heavy atom. The van der Waals surface area contributed by atoms with Crippen LogP contribution in [0.3, 0.4) is 0 Å². The number of hydrogen-bond donors (Lipinski definition) is 2. The van der Waals surface area contributed by atoms with Gasteiger partial charge in [0.2, 0.25) is 5.91 Å². The molecule has 2 N–H and O–H groups in total.